The quantitative estimate of drug-likeness (QED) is 0.0470. The standard InChI is InChI=1S/C32H55N3O10/c36-24-16-17-25(31(42)43)34-29(39)19-15-23-33-27(37)22-21-26(32(44)45)35-28(38)18-13-11-9-7-5-3-1-2-4-6-8-10-12-14-20-30(40)41/h24-26H,1-23H2,(H,33,37)(H,34,39)(H,35,38)(H,40,41)(H,42,43)(H,44,45)/t25-,26-/m0/s1. The maximum absolute atomic E-state index is 12.2. The van der Waals surface area contributed by atoms with Gasteiger partial charge < -0.3 is 36.1 Å². The second-order valence-corrected chi connectivity index (χ2v) is 11.5. The Kier molecular flexibility index (Phi) is 25.8. The third kappa shape index (κ3) is 26.6. The van der Waals surface area contributed by atoms with E-state index in [-0.39, 0.29) is 63.8 Å². The SMILES string of the molecule is O=CCC[C@H](NC(=O)CCCNC(=O)CC[C@H](NC(=O)CCCCCCCCCCCCCCCCC(=O)O)C(=O)O)C(=O)O. The number of aliphatic carboxylic acids is 3. The minimum Gasteiger partial charge on any atom is -0.481 e. The highest BCUT2D eigenvalue weighted by Gasteiger charge is 2.21. The third-order valence-electron chi connectivity index (χ3n) is 7.45. The van der Waals surface area contributed by atoms with Gasteiger partial charge in [0.05, 0.1) is 0 Å². The number of hydrogen-bond donors (Lipinski definition) is 6. The van der Waals surface area contributed by atoms with Crippen LogP contribution in [0.15, 0.2) is 0 Å². The van der Waals surface area contributed by atoms with Crippen molar-refractivity contribution in [1.82, 2.24) is 16.0 Å². The molecule has 0 bridgehead atoms. The number of carbonyl (C=O) groups is 7. The van der Waals surface area contributed by atoms with Crippen LogP contribution in [0.25, 0.3) is 0 Å². The van der Waals surface area contributed by atoms with Gasteiger partial charge in [-0.2, -0.15) is 0 Å². The molecule has 0 radical (unpaired) electrons. The van der Waals surface area contributed by atoms with Gasteiger partial charge in [-0.05, 0) is 32.1 Å². The van der Waals surface area contributed by atoms with Crippen molar-refractivity contribution in [3.05, 3.63) is 0 Å². The number of carboxylic acids is 3. The summed E-state index contributed by atoms with van der Waals surface area (Å²) in [4.78, 5) is 79.8. The summed E-state index contributed by atoms with van der Waals surface area (Å²) in [5.74, 6) is -4.46. The second-order valence-electron chi connectivity index (χ2n) is 11.5. The van der Waals surface area contributed by atoms with Gasteiger partial charge in [0.2, 0.25) is 17.7 Å². The van der Waals surface area contributed by atoms with Crippen LogP contribution in [0, 0.1) is 0 Å². The van der Waals surface area contributed by atoms with Crippen LogP contribution in [0.1, 0.15) is 141 Å². The summed E-state index contributed by atoms with van der Waals surface area (Å²) >= 11 is 0. The monoisotopic (exact) mass is 641 g/mol. The number of amides is 3. The highest BCUT2D eigenvalue weighted by atomic mass is 16.4. The predicted octanol–water partition coefficient (Wildman–Crippen LogP) is 4.11. The molecule has 0 unspecified atom stereocenters. The number of carbonyl (C=O) groups excluding carboxylic acids is 4. The van der Waals surface area contributed by atoms with Crippen LogP contribution in [0.3, 0.4) is 0 Å². The van der Waals surface area contributed by atoms with Gasteiger partial charge in [0.15, 0.2) is 0 Å². The fourth-order valence-corrected chi connectivity index (χ4v) is 4.81. The summed E-state index contributed by atoms with van der Waals surface area (Å²) in [6.45, 7) is 0.140. The molecule has 0 aliphatic heterocycles. The summed E-state index contributed by atoms with van der Waals surface area (Å²) in [5.41, 5.74) is 0. The second kappa shape index (κ2) is 28.0. The third-order valence-corrected chi connectivity index (χ3v) is 7.45. The molecule has 258 valence electrons. The molecule has 0 heterocycles. The van der Waals surface area contributed by atoms with Crippen molar-refractivity contribution in [2.75, 3.05) is 6.54 Å². The molecule has 0 saturated carbocycles. The van der Waals surface area contributed by atoms with Crippen molar-refractivity contribution in [3.63, 3.8) is 0 Å². The summed E-state index contributed by atoms with van der Waals surface area (Å²) in [5, 5.41) is 34.5. The van der Waals surface area contributed by atoms with E-state index >= 15 is 0 Å². The lowest BCUT2D eigenvalue weighted by Crippen LogP contribution is -2.41. The molecule has 0 spiro atoms. The van der Waals surface area contributed by atoms with Crippen molar-refractivity contribution < 1.29 is 48.9 Å². The average Bonchev–Trinajstić information content (AvgIpc) is 2.98. The zero-order valence-electron chi connectivity index (χ0n) is 26.7. The van der Waals surface area contributed by atoms with Crippen LogP contribution >= 0.6 is 0 Å². The normalized spacial score (nSPS) is 12.1. The fourth-order valence-electron chi connectivity index (χ4n) is 4.81. The largest absolute Gasteiger partial charge is 0.481 e. The Morgan fingerprint density at radius 3 is 1.31 bits per heavy atom. The Balaban J connectivity index is 3.86. The number of aldehydes is 1. The molecule has 0 aromatic heterocycles. The molecule has 3 amide bonds. The van der Waals surface area contributed by atoms with Crippen molar-refractivity contribution in [1.29, 1.82) is 0 Å². The van der Waals surface area contributed by atoms with Crippen LogP contribution < -0.4 is 16.0 Å². The van der Waals surface area contributed by atoms with Crippen molar-refractivity contribution >= 4 is 41.9 Å². The van der Waals surface area contributed by atoms with E-state index in [2.05, 4.69) is 16.0 Å². The van der Waals surface area contributed by atoms with E-state index in [0.717, 1.165) is 44.9 Å². The van der Waals surface area contributed by atoms with Crippen LogP contribution in [-0.2, 0) is 33.6 Å². The zero-order valence-corrected chi connectivity index (χ0v) is 26.7. The first-order chi connectivity index (χ1) is 21.6. The van der Waals surface area contributed by atoms with E-state index in [1.54, 1.807) is 0 Å². The summed E-state index contributed by atoms with van der Waals surface area (Å²) in [6, 6.07) is -2.33. The summed E-state index contributed by atoms with van der Waals surface area (Å²) in [6.07, 6.45) is 16.0. The molecule has 0 aromatic rings. The molecule has 0 aliphatic carbocycles. The van der Waals surface area contributed by atoms with E-state index in [4.69, 9.17) is 10.2 Å². The first-order valence-corrected chi connectivity index (χ1v) is 16.5. The lowest BCUT2D eigenvalue weighted by atomic mass is 10.0. The lowest BCUT2D eigenvalue weighted by Gasteiger charge is -2.15. The highest BCUT2D eigenvalue weighted by molar-refractivity contribution is 5.85. The molecule has 0 saturated heterocycles. The Morgan fingerprint density at radius 2 is 0.889 bits per heavy atom. The van der Waals surface area contributed by atoms with E-state index in [9.17, 15) is 38.7 Å². The number of nitrogens with one attached hydrogen (secondary N) is 3. The predicted molar refractivity (Wildman–Crippen MR) is 167 cm³/mol. The highest BCUT2D eigenvalue weighted by Crippen LogP contribution is 2.14. The first-order valence-electron chi connectivity index (χ1n) is 16.5. The van der Waals surface area contributed by atoms with E-state index in [0.29, 0.717) is 12.7 Å². The lowest BCUT2D eigenvalue weighted by molar-refractivity contribution is -0.142. The molecule has 0 rings (SSSR count). The molecule has 13 nitrogen and oxygen atoms in total. The van der Waals surface area contributed by atoms with Gasteiger partial charge in [-0.15, -0.1) is 0 Å². The van der Waals surface area contributed by atoms with Crippen LogP contribution in [0.2, 0.25) is 0 Å². The van der Waals surface area contributed by atoms with Gasteiger partial charge in [-0.25, -0.2) is 9.59 Å². The van der Waals surface area contributed by atoms with Gasteiger partial charge in [0, 0.05) is 38.6 Å². The molecule has 2 atom stereocenters. The van der Waals surface area contributed by atoms with E-state index in [1.807, 2.05) is 0 Å². The molecule has 45 heavy (non-hydrogen) atoms. The maximum Gasteiger partial charge on any atom is 0.326 e. The first kappa shape index (κ1) is 41.5. The van der Waals surface area contributed by atoms with Crippen molar-refractivity contribution in [2.45, 2.75) is 153 Å². The maximum atomic E-state index is 12.2. The Labute approximate surface area is 266 Å². The molecule has 0 aliphatic rings. The van der Waals surface area contributed by atoms with E-state index < -0.39 is 41.8 Å². The van der Waals surface area contributed by atoms with Gasteiger partial charge in [-0.1, -0.05) is 77.0 Å². The summed E-state index contributed by atoms with van der Waals surface area (Å²) < 4.78 is 0. The molecule has 13 heteroatoms. The summed E-state index contributed by atoms with van der Waals surface area (Å²) in [7, 11) is 0. The number of unbranched alkanes of at least 4 members (excludes halogenated alkanes) is 13. The molecule has 6 N–H and O–H groups in total. The van der Waals surface area contributed by atoms with Gasteiger partial charge in [0.1, 0.15) is 18.4 Å². The zero-order chi connectivity index (χ0) is 33.7. The van der Waals surface area contributed by atoms with Gasteiger partial charge in [-0.3, -0.25) is 19.2 Å². The minimum atomic E-state index is -1.23. The smallest absolute Gasteiger partial charge is 0.326 e. The molecule has 0 fully saturated rings. The van der Waals surface area contributed by atoms with Crippen LogP contribution in [-0.4, -0.2) is 75.9 Å². The van der Waals surface area contributed by atoms with Crippen molar-refractivity contribution in [3.8, 4) is 0 Å². The topological polar surface area (TPSA) is 216 Å². The Morgan fingerprint density at radius 1 is 0.489 bits per heavy atom. The number of rotatable bonds is 31. The van der Waals surface area contributed by atoms with E-state index in [1.165, 1.54) is 38.5 Å². The average molecular weight is 642 g/mol. The van der Waals surface area contributed by atoms with Gasteiger partial charge >= 0.3 is 17.9 Å². The van der Waals surface area contributed by atoms with Gasteiger partial charge in [0.25, 0.3) is 0 Å². The van der Waals surface area contributed by atoms with Crippen LogP contribution in [0.5, 0.6) is 0 Å². The Hall–Kier alpha value is -3.51. The van der Waals surface area contributed by atoms with Crippen LogP contribution in [0.4, 0.5) is 0 Å². The minimum absolute atomic E-state index is 0.00737. The molecular weight excluding hydrogens is 586 g/mol. The molecule has 0 aromatic carbocycles. The fraction of sp³-hybridized carbons (Fsp3) is 0.781. The number of hydrogen-bond acceptors (Lipinski definition) is 7. The van der Waals surface area contributed by atoms with Crippen molar-refractivity contribution in [2.24, 2.45) is 0 Å². The Bertz CT molecular complexity index is 896. The molecular formula is C32H55N3O10. The number of carboxylic acid groups (broad SMARTS) is 3.